The van der Waals surface area contributed by atoms with Crippen molar-refractivity contribution in [2.24, 2.45) is 0 Å². The van der Waals surface area contributed by atoms with Crippen LogP contribution in [0.3, 0.4) is 0 Å². The molecule has 3 aromatic carbocycles. The minimum absolute atomic E-state index is 0.0943. The van der Waals surface area contributed by atoms with Crippen molar-refractivity contribution in [2.75, 3.05) is 10.8 Å². The summed E-state index contributed by atoms with van der Waals surface area (Å²) >= 11 is 0. The summed E-state index contributed by atoms with van der Waals surface area (Å²) in [6, 6.07) is 20.8. The SMILES string of the molecule is CC[C@@H](C(=O)NC(C)(C)C)N(Cc1ccccc1C)C(=O)CN(c1ccc(C(C)C)cc1)S(=O)(=O)c1ccc(C)cc1. The largest absolute Gasteiger partial charge is 0.350 e. The molecule has 0 saturated heterocycles. The van der Waals surface area contributed by atoms with E-state index in [-0.39, 0.29) is 23.3 Å². The van der Waals surface area contributed by atoms with Gasteiger partial charge in [-0.2, -0.15) is 0 Å². The van der Waals surface area contributed by atoms with Crippen LogP contribution < -0.4 is 9.62 Å². The van der Waals surface area contributed by atoms with Crippen LogP contribution in [0.4, 0.5) is 5.69 Å². The predicted octanol–water partition coefficient (Wildman–Crippen LogP) is 6.34. The van der Waals surface area contributed by atoms with Gasteiger partial charge in [0.25, 0.3) is 10.0 Å². The standard InChI is InChI=1S/C34H45N3O4S/c1-9-31(33(39)35-34(6,7)8)36(22-28-13-11-10-12-26(28)5)32(38)23-37(29-18-16-27(17-19-29)24(2)3)42(40,41)30-20-14-25(4)15-21-30/h10-21,24,31H,9,22-23H2,1-8H3,(H,35,39)/t31-/m0/s1. The van der Waals surface area contributed by atoms with Gasteiger partial charge in [-0.15, -0.1) is 0 Å². The van der Waals surface area contributed by atoms with Crippen LogP contribution in [-0.4, -0.2) is 43.3 Å². The van der Waals surface area contributed by atoms with Gasteiger partial charge in [-0.25, -0.2) is 8.42 Å². The maximum absolute atomic E-state index is 14.3. The van der Waals surface area contributed by atoms with Gasteiger partial charge in [0, 0.05) is 12.1 Å². The number of carbonyl (C=O) groups is 2. The highest BCUT2D eigenvalue weighted by atomic mass is 32.2. The van der Waals surface area contributed by atoms with Crippen LogP contribution in [0.15, 0.2) is 77.7 Å². The van der Waals surface area contributed by atoms with E-state index in [2.05, 4.69) is 19.2 Å². The van der Waals surface area contributed by atoms with Gasteiger partial charge in [-0.3, -0.25) is 13.9 Å². The molecule has 0 spiro atoms. The van der Waals surface area contributed by atoms with E-state index in [1.165, 1.54) is 4.90 Å². The molecule has 1 atom stereocenters. The van der Waals surface area contributed by atoms with Gasteiger partial charge in [-0.05, 0) is 87.9 Å². The topological polar surface area (TPSA) is 86.8 Å². The van der Waals surface area contributed by atoms with E-state index in [1.807, 2.05) is 77.9 Å². The second-order valence-electron chi connectivity index (χ2n) is 12.2. The van der Waals surface area contributed by atoms with Crippen molar-refractivity contribution < 1.29 is 18.0 Å². The quantitative estimate of drug-likeness (QED) is 0.282. The Hall–Kier alpha value is -3.65. The molecule has 7 nitrogen and oxygen atoms in total. The molecule has 0 aromatic heterocycles. The van der Waals surface area contributed by atoms with Crippen molar-refractivity contribution in [3.63, 3.8) is 0 Å². The Kier molecular flexibility index (Phi) is 10.6. The molecule has 0 radical (unpaired) electrons. The van der Waals surface area contributed by atoms with Gasteiger partial charge in [0.1, 0.15) is 12.6 Å². The molecular formula is C34H45N3O4S. The fourth-order valence-electron chi connectivity index (χ4n) is 4.74. The smallest absolute Gasteiger partial charge is 0.264 e. The van der Waals surface area contributed by atoms with Gasteiger partial charge in [-0.1, -0.05) is 74.9 Å². The molecule has 226 valence electrons. The summed E-state index contributed by atoms with van der Waals surface area (Å²) in [7, 11) is -4.11. The molecule has 0 aliphatic carbocycles. The number of hydrogen-bond donors (Lipinski definition) is 1. The monoisotopic (exact) mass is 591 g/mol. The molecule has 0 aliphatic rings. The molecule has 3 aromatic rings. The summed E-state index contributed by atoms with van der Waals surface area (Å²) in [4.78, 5) is 29.4. The van der Waals surface area contributed by atoms with Crippen LogP contribution in [0, 0.1) is 13.8 Å². The molecule has 0 aliphatic heterocycles. The minimum atomic E-state index is -4.11. The van der Waals surface area contributed by atoms with Crippen LogP contribution in [0.2, 0.25) is 0 Å². The van der Waals surface area contributed by atoms with Crippen molar-refractivity contribution in [2.45, 2.75) is 90.7 Å². The summed E-state index contributed by atoms with van der Waals surface area (Å²) in [5.74, 6) is -0.474. The van der Waals surface area contributed by atoms with Crippen molar-refractivity contribution in [3.8, 4) is 0 Å². The van der Waals surface area contributed by atoms with Gasteiger partial charge in [0.2, 0.25) is 11.8 Å². The van der Waals surface area contributed by atoms with Gasteiger partial charge in [0.15, 0.2) is 0 Å². The number of hydrogen-bond acceptors (Lipinski definition) is 4. The van der Waals surface area contributed by atoms with Crippen LogP contribution >= 0.6 is 0 Å². The first kappa shape index (κ1) is 32.9. The lowest BCUT2D eigenvalue weighted by atomic mass is 10.0. The van der Waals surface area contributed by atoms with E-state index in [9.17, 15) is 18.0 Å². The number of sulfonamides is 1. The molecule has 1 N–H and O–H groups in total. The van der Waals surface area contributed by atoms with Crippen molar-refractivity contribution in [1.82, 2.24) is 10.2 Å². The maximum atomic E-state index is 14.3. The Morgan fingerprint density at radius 1 is 0.881 bits per heavy atom. The second-order valence-corrected chi connectivity index (χ2v) is 14.0. The van der Waals surface area contributed by atoms with E-state index in [1.54, 1.807) is 36.4 Å². The van der Waals surface area contributed by atoms with Crippen LogP contribution in [0.25, 0.3) is 0 Å². The van der Waals surface area contributed by atoms with Gasteiger partial charge < -0.3 is 10.2 Å². The summed E-state index contributed by atoms with van der Waals surface area (Å²) in [6.07, 6.45) is 0.368. The molecule has 0 saturated carbocycles. The first-order valence-corrected chi connectivity index (χ1v) is 15.9. The Balaban J connectivity index is 2.10. The lowest BCUT2D eigenvalue weighted by molar-refractivity contribution is -0.141. The van der Waals surface area contributed by atoms with E-state index in [0.29, 0.717) is 12.1 Å². The molecule has 42 heavy (non-hydrogen) atoms. The third-order valence-corrected chi connectivity index (χ3v) is 9.01. The molecule has 0 heterocycles. The Bertz CT molecular complexity index is 1470. The summed E-state index contributed by atoms with van der Waals surface area (Å²) in [5, 5.41) is 3.00. The zero-order valence-electron chi connectivity index (χ0n) is 26.1. The number of carbonyl (C=O) groups excluding carboxylic acids is 2. The lowest BCUT2D eigenvalue weighted by Gasteiger charge is -2.35. The summed E-state index contributed by atoms with van der Waals surface area (Å²) in [5.41, 5.74) is 3.75. The first-order valence-electron chi connectivity index (χ1n) is 14.5. The molecule has 8 heteroatoms. The van der Waals surface area contributed by atoms with Gasteiger partial charge in [0.05, 0.1) is 10.6 Å². The Morgan fingerprint density at radius 3 is 2.00 bits per heavy atom. The summed E-state index contributed by atoms with van der Waals surface area (Å²) < 4.78 is 29.3. The molecule has 0 unspecified atom stereocenters. The summed E-state index contributed by atoms with van der Waals surface area (Å²) in [6.45, 7) is 15.2. The highest BCUT2D eigenvalue weighted by Crippen LogP contribution is 2.27. The number of anilines is 1. The highest BCUT2D eigenvalue weighted by Gasteiger charge is 2.34. The fraction of sp³-hybridized carbons (Fsp3) is 0.412. The number of nitrogens with zero attached hydrogens (tertiary/aromatic N) is 2. The van der Waals surface area contributed by atoms with Gasteiger partial charge >= 0.3 is 0 Å². The number of nitrogens with one attached hydrogen (secondary N) is 1. The fourth-order valence-corrected chi connectivity index (χ4v) is 6.15. The van der Waals surface area contributed by atoms with E-state index >= 15 is 0 Å². The number of benzene rings is 3. The molecular weight excluding hydrogens is 546 g/mol. The second kappa shape index (κ2) is 13.6. The molecule has 0 fully saturated rings. The number of rotatable bonds is 11. The Labute approximate surface area is 252 Å². The molecule has 0 bridgehead atoms. The third-order valence-electron chi connectivity index (χ3n) is 7.22. The number of amides is 2. The van der Waals surface area contributed by atoms with Crippen LogP contribution in [-0.2, 0) is 26.2 Å². The molecule has 3 rings (SSSR count). The van der Waals surface area contributed by atoms with Crippen LogP contribution in [0.1, 0.15) is 76.1 Å². The third kappa shape index (κ3) is 8.22. The zero-order valence-corrected chi connectivity index (χ0v) is 27.0. The predicted molar refractivity (Wildman–Crippen MR) is 170 cm³/mol. The average molecular weight is 592 g/mol. The van der Waals surface area contributed by atoms with Crippen molar-refractivity contribution in [3.05, 3.63) is 95.1 Å². The van der Waals surface area contributed by atoms with Crippen molar-refractivity contribution >= 4 is 27.5 Å². The first-order chi connectivity index (χ1) is 19.6. The highest BCUT2D eigenvalue weighted by molar-refractivity contribution is 7.92. The van der Waals surface area contributed by atoms with Crippen molar-refractivity contribution in [1.29, 1.82) is 0 Å². The normalized spacial score (nSPS) is 12.6. The Morgan fingerprint density at radius 2 is 1.48 bits per heavy atom. The lowest BCUT2D eigenvalue weighted by Crippen LogP contribution is -2.55. The maximum Gasteiger partial charge on any atom is 0.264 e. The number of aryl methyl sites for hydroxylation is 2. The molecule has 2 amide bonds. The van der Waals surface area contributed by atoms with E-state index < -0.39 is 34.1 Å². The zero-order chi connectivity index (χ0) is 31.2. The minimum Gasteiger partial charge on any atom is -0.350 e. The van der Waals surface area contributed by atoms with E-state index in [0.717, 1.165) is 26.6 Å². The van der Waals surface area contributed by atoms with Crippen LogP contribution in [0.5, 0.6) is 0 Å². The van der Waals surface area contributed by atoms with E-state index in [4.69, 9.17) is 0 Å². The average Bonchev–Trinajstić information content (AvgIpc) is 2.91.